The number of carbonyl (C=O) groups excluding carboxylic acids is 1. The molecule has 0 spiro atoms. The molecule has 0 saturated heterocycles. The quantitative estimate of drug-likeness (QED) is 0.449. The lowest BCUT2D eigenvalue weighted by Crippen LogP contribution is -2.00. The van der Waals surface area contributed by atoms with Crippen LogP contribution in [0.1, 0.15) is 12.5 Å². The predicted molar refractivity (Wildman–Crippen MR) is 42.2 cm³/mol. The summed E-state index contributed by atoms with van der Waals surface area (Å²) in [4.78, 5) is 10.5. The molecule has 0 aliphatic carbocycles. The van der Waals surface area contributed by atoms with Gasteiger partial charge in [-0.1, -0.05) is 12.1 Å². The van der Waals surface area contributed by atoms with E-state index >= 15 is 0 Å². The largest absolute Gasteiger partial charge is 0.427 e. The van der Waals surface area contributed by atoms with Crippen LogP contribution in [0.4, 0.5) is 0 Å². The van der Waals surface area contributed by atoms with Crippen molar-refractivity contribution in [1.29, 1.82) is 0 Å². The Hall–Kier alpha value is -1.31. The number of benzene rings is 1. The van der Waals surface area contributed by atoms with Gasteiger partial charge in [-0.15, -0.1) is 0 Å². The van der Waals surface area contributed by atoms with Crippen LogP contribution in [0.5, 0.6) is 5.75 Å². The summed E-state index contributed by atoms with van der Waals surface area (Å²) in [6.45, 7) is 5.07. The van der Waals surface area contributed by atoms with Crippen molar-refractivity contribution in [2.75, 3.05) is 0 Å². The minimum Gasteiger partial charge on any atom is -0.427 e. The topological polar surface area (TPSA) is 26.3 Å². The van der Waals surface area contributed by atoms with Gasteiger partial charge in [0.15, 0.2) is 0 Å². The second kappa shape index (κ2) is 3.19. The van der Waals surface area contributed by atoms with E-state index in [0.717, 1.165) is 5.56 Å². The summed E-state index contributed by atoms with van der Waals surface area (Å²) in [5, 5.41) is 0. The summed E-state index contributed by atoms with van der Waals surface area (Å²) < 4.78 is 4.82. The molecule has 1 rings (SSSR count). The Morgan fingerprint density at radius 2 is 2.27 bits per heavy atom. The second-order valence-electron chi connectivity index (χ2n) is 2.24. The van der Waals surface area contributed by atoms with Crippen LogP contribution in [0.3, 0.4) is 0 Å². The highest BCUT2D eigenvalue weighted by atomic mass is 16.5. The van der Waals surface area contributed by atoms with Crippen LogP contribution < -0.4 is 4.74 Å². The van der Waals surface area contributed by atoms with E-state index in [1.165, 1.54) is 6.92 Å². The van der Waals surface area contributed by atoms with E-state index in [0.29, 0.717) is 5.75 Å². The number of ether oxygens (including phenoxy) is 1. The van der Waals surface area contributed by atoms with Gasteiger partial charge in [0.1, 0.15) is 5.75 Å². The maximum atomic E-state index is 10.5. The molecule has 0 atom stereocenters. The average Bonchev–Trinajstić information content (AvgIpc) is 1.85. The molecule has 1 aromatic rings. The Morgan fingerprint density at radius 3 is 2.82 bits per heavy atom. The number of esters is 1. The van der Waals surface area contributed by atoms with Gasteiger partial charge in [0.05, 0.1) is 0 Å². The Kier molecular flexibility index (Phi) is 2.26. The monoisotopic (exact) mass is 149 g/mol. The molecule has 11 heavy (non-hydrogen) atoms. The first-order valence-electron chi connectivity index (χ1n) is 3.29. The van der Waals surface area contributed by atoms with Gasteiger partial charge in [-0.2, -0.15) is 0 Å². The molecular formula is C9H9O2. The van der Waals surface area contributed by atoms with Crippen LogP contribution in [0, 0.1) is 6.92 Å². The van der Waals surface area contributed by atoms with Crippen molar-refractivity contribution in [1.82, 2.24) is 0 Å². The Bertz CT molecular complexity index is 266. The highest BCUT2D eigenvalue weighted by Gasteiger charge is 1.95. The third-order valence-electron chi connectivity index (χ3n) is 1.16. The zero-order valence-corrected chi connectivity index (χ0v) is 6.33. The van der Waals surface area contributed by atoms with Gasteiger partial charge in [0.2, 0.25) is 0 Å². The molecule has 57 valence electrons. The summed E-state index contributed by atoms with van der Waals surface area (Å²) >= 11 is 0. The van der Waals surface area contributed by atoms with Gasteiger partial charge in [-0.05, 0) is 24.6 Å². The maximum absolute atomic E-state index is 10.5. The molecule has 0 aliphatic heterocycles. The van der Waals surface area contributed by atoms with Crippen molar-refractivity contribution < 1.29 is 9.53 Å². The minimum atomic E-state index is -0.310. The Balaban J connectivity index is 2.79. The Morgan fingerprint density at radius 1 is 1.55 bits per heavy atom. The maximum Gasteiger partial charge on any atom is 0.308 e. The van der Waals surface area contributed by atoms with E-state index in [1.54, 1.807) is 18.2 Å². The van der Waals surface area contributed by atoms with Crippen LogP contribution in [0.2, 0.25) is 0 Å². The summed E-state index contributed by atoms with van der Waals surface area (Å²) in [5.74, 6) is 0.237. The molecule has 2 heteroatoms. The summed E-state index contributed by atoms with van der Waals surface area (Å²) in [6, 6.07) is 7.06. The molecule has 0 fully saturated rings. The van der Waals surface area contributed by atoms with Gasteiger partial charge >= 0.3 is 5.97 Å². The highest BCUT2D eigenvalue weighted by Crippen LogP contribution is 2.11. The predicted octanol–water partition coefficient (Wildman–Crippen LogP) is 1.79. The van der Waals surface area contributed by atoms with Crippen molar-refractivity contribution in [3.05, 3.63) is 36.8 Å². The van der Waals surface area contributed by atoms with Crippen LogP contribution in [-0.2, 0) is 4.79 Å². The Labute approximate surface area is 65.8 Å². The lowest BCUT2D eigenvalue weighted by atomic mass is 10.2. The molecule has 0 N–H and O–H groups in total. The fourth-order valence-corrected chi connectivity index (χ4v) is 0.775. The fraction of sp³-hybridized carbons (Fsp3) is 0.111. The normalized spacial score (nSPS) is 9.27. The number of hydrogen-bond donors (Lipinski definition) is 0. The smallest absolute Gasteiger partial charge is 0.308 e. The van der Waals surface area contributed by atoms with Crippen molar-refractivity contribution in [2.45, 2.75) is 6.92 Å². The van der Waals surface area contributed by atoms with Crippen LogP contribution >= 0.6 is 0 Å². The first-order chi connectivity index (χ1) is 5.18. The first-order valence-corrected chi connectivity index (χ1v) is 3.29. The SMILES string of the molecule is [CH2]c1cccc(OC(C)=O)c1. The summed E-state index contributed by atoms with van der Waals surface area (Å²) in [5.41, 5.74) is 0.837. The minimum absolute atomic E-state index is 0.310. The van der Waals surface area contributed by atoms with Crippen LogP contribution in [-0.4, -0.2) is 5.97 Å². The van der Waals surface area contributed by atoms with E-state index in [4.69, 9.17) is 4.74 Å². The molecule has 0 amide bonds. The second-order valence-corrected chi connectivity index (χ2v) is 2.24. The summed E-state index contributed by atoms with van der Waals surface area (Å²) in [7, 11) is 0. The van der Waals surface area contributed by atoms with Crippen molar-refractivity contribution >= 4 is 5.97 Å². The lowest BCUT2D eigenvalue weighted by molar-refractivity contribution is -0.131. The van der Waals surface area contributed by atoms with Gasteiger partial charge in [0.25, 0.3) is 0 Å². The van der Waals surface area contributed by atoms with Crippen LogP contribution in [0.15, 0.2) is 24.3 Å². The van der Waals surface area contributed by atoms with Crippen molar-refractivity contribution in [3.8, 4) is 5.75 Å². The molecule has 1 aromatic carbocycles. The lowest BCUT2D eigenvalue weighted by Gasteiger charge is -2.00. The molecule has 0 unspecified atom stereocenters. The van der Waals surface area contributed by atoms with Gasteiger partial charge in [0, 0.05) is 6.92 Å². The third-order valence-corrected chi connectivity index (χ3v) is 1.16. The number of hydrogen-bond acceptors (Lipinski definition) is 2. The van der Waals surface area contributed by atoms with E-state index in [-0.39, 0.29) is 5.97 Å². The standard InChI is InChI=1S/C9H9O2/c1-7-4-3-5-9(6-7)11-8(2)10/h3-6H,1H2,2H3. The van der Waals surface area contributed by atoms with Gasteiger partial charge in [-0.25, -0.2) is 0 Å². The van der Waals surface area contributed by atoms with Crippen molar-refractivity contribution in [3.63, 3.8) is 0 Å². The fourth-order valence-electron chi connectivity index (χ4n) is 0.775. The zero-order chi connectivity index (χ0) is 8.27. The van der Waals surface area contributed by atoms with E-state index in [2.05, 4.69) is 6.92 Å². The molecule has 0 bridgehead atoms. The van der Waals surface area contributed by atoms with E-state index in [1.807, 2.05) is 6.07 Å². The van der Waals surface area contributed by atoms with Crippen molar-refractivity contribution in [2.24, 2.45) is 0 Å². The molecule has 0 aromatic heterocycles. The zero-order valence-electron chi connectivity index (χ0n) is 6.33. The first kappa shape index (κ1) is 7.79. The summed E-state index contributed by atoms with van der Waals surface area (Å²) in [6.07, 6.45) is 0. The molecule has 0 saturated carbocycles. The molecule has 0 heterocycles. The number of carbonyl (C=O) groups is 1. The van der Waals surface area contributed by atoms with Gasteiger partial charge < -0.3 is 4.74 Å². The molecule has 1 radical (unpaired) electrons. The molecule has 0 aliphatic rings. The van der Waals surface area contributed by atoms with E-state index < -0.39 is 0 Å². The third kappa shape index (κ3) is 2.42. The average molecular weight is 149 g/mol. The van der Waals surface area contributed by atoms with Gasteiger partial charge in [-0.3, -0.25) is 4.79 Å². The molecular weight excluding hydrogens is 140 g/mol. The van der Waals surface area contributed by atoms with Crippen LogP contribution in [0.25, 0.3) is 0 Å². The van der Waals surface area contributed by atoms with E-state index in [9.17, 15) is 4.79 Å². The molecule has 2 nitrogen and oxygen atoms in total. The highest BCUT2D eigenvalue weighted by molar-refractivity contribution is 5.69. The number of rotatable bonds is 1.